The topological polar surface area (TPSA) is 62.7 Å². The van der Waals surface area contributed by atoms with Gasteiger partial charge >= 0.3 is 0 Å². The molecule has 5 nitrogen and oxygen atoms in total. The van der Waals surface area contributed by atoms with Crippen molar-refractivity contribution in [3.63, 3.8) is 0 Å². The molecule has 0 aromatic carbocycles. The molecule has 1 atom stereocenters. The average Bonchev–Trinajstić information content (AvgIpc) is 2.26. The Hall–Kier alpha value is -0.750. The fourth-order valence-electron chi connectivity index (χ4n) is 1.28. The molecule has 1 rings (SSSR count). The van der Waals surface area contributed by atoms with E-state index in [1.54, 1.807) is 0 Å². The minimum absolute atomic E-state index is 0.205. The lowest BCUT2D eigenvalue weighted by atomic mass is 10.2. The molecule has 0 fully saturated rings. The second-order valence-electron chi connectivity index (χ2n) is 3.72. The minimum Gasteiger partial charge on any atom is -0.354 e. The number of nitrogens with one attached hydrogen (secondary N) is 2. The second-order valence-corrected chi connectivity index (χ2v) is 4.97. The van der Waals surface area contributed by atoms with Crippen molar-refractivity contribution in [3.05, 3.63) is 5.28 Å². The fraction of sp³-hybridized carbons (Fsp3) is 0.700. The monoisotopic (exact) mass is 275 g/mol. The first-order valence-electron chi connectivity index (χ1n) is 5.54. The van der Waals surface area contributed by atoms with Gasteiger partial charge < -0.3 is 10.6 Å². The van der Waals surface area contributed by atoms with Crippen LogP contribution >= 0.6 is 23.4 Å². The first kappa shape index (κ1) is 14.3. The number of nitrogens with zero attached hydrogens (tertiary/aromatic N) is 3. The predicted octanol–water partition coefficient (Wildman–Crippen LogP) is 2.37. The number of aromatic nitrogens is 3. The molecule has 0 aliphatic heterocycles. The summed E-state index contributed by atoms with van der Waals surface area (Å²) < 4.78 is 0. The summed E-state index contributed by atoms with van der Waals surface area (Å²) in [5.74, 6) is 2.69. The number of hydrogen-bond donors (Lipinski definition) is 2. The van der Waals surface area contributed by atoms with E-state index in [2.05, 4.69) is 38.8 Å². The first-order valence-corrected chi connectivity index (χ1v) is 7.31. The summed E-state index contributed by atoms with van der Waals surface area (Å²) in [6, 6.07) is 0. The summed E-state index contributed by atoms with van der Waals surface area (Å²) in [4.78, 5) is 12.2. The Labute approximate surface area is 111 Å². The van der Waals surface area contributed by atoms with Crippen LogP contribution in [0, 0.1) is 5.92 Å². The zero-order valence-electron chi connectivity index (χ0n) is 10.3. The average molecular weight is 276 g/mol. The van der Waals surface area contributed by atoms with Crippen molar-refractivity contribution in [2.75, 3.05) is 35.7 Å². The van der Waals surface area contributed by atoms with Crippen molar-refractivity contribution in [1.82, 2.24) is 15.0 Å². The lowest BCUT2D eigenvalue weighted by Gasteiger charge is -2.11. The van der Waals surface area contributed by atoms with Crippen LogP contribution in [-0.4, -0.2) is 40.1 Å². The summed E-state index contributed by atoms with van der Waals surface area (Å²) in [6.45, 7) is 5.73. The molecule has 2 N–H and O–H groups in total. The molecule has 0 saturated carbocycles. The molecule has 1 aromatic rings. The van der Waals surface area contributed by atoms with Crippen LogP contribution in [0.3, 0.4) is 0 Å². The highest BCUT2D eigenvalue weighted by molar-refractivity contribution is 7.98. The van der Waals surface area contributed by atoms with Crippen LogP contribution in [0.25, 0.3) is 0 Å². The molecule has 0 aliphatic carbocycles. The maximum Gasteiger partial charge on any atom is 0.228 e. The van der Waals surface area contributed by atoms with Gasteiger partial charge in [0.1, 0.15) is 0 Å². The Morgan fingerprint density at radius 2 is 1.88 bits per heavy atom. The highest BCUT2D eigenvalue weighted by Crippen LogP contribution is 2.11. The van der Waals surface area contributed by atoms with E-state index in [0.717, 1.165) is 18.8 Å². The van der Waals surface area contributed by atoms with Gasteiger partial charge in [-0.05, 0) is 36.5 Å². The largest absolute Gasteiger partial charge is 0.354 e. The van der Waals surface area contributed by atoms with E-state index >= 15 is 0 Å². The van der Waals surface area contributed by atoms with E-state index in [9.17, 15) is 0 Å². The molecule has 1 aromatic heterocycles. The Bertz CT molecular complexity index is 349. The fourth-order valence-corrected chi connectivity index (χ4v) is 2.12. The zero-order chi connectivity index (χ0) is 12.7. The van der Waals surface area contributed by atoms with Crippen LogP contribution in [0.4, 0.5) is 11.9 Å². The highest BCUT2D eigenvalue weighted by Gasteiger charge is 2.06. The number of anilines is 2. The van der Waals surface area contributed by atoms with Gasteiger partial charge in [0.2, 0.25) is 17.2 Å². The highest BCUT2D eigenvalue weighted by atomic mass is 35.5. The number of rotatable bonds is 7. The minimum atomic E-state index is 0.205. The van der Waals surface area contributed by atoms with Gasteiger partial charge in [0.25, 0.3) is 0 Å². The maximum absolute atomic E-state index is 5.82. The summed E-state index contributed by atoms with van der Waals surface area (Å²) in [6.07, 6.45) is 2.10. The van der Waals surface area contributed by atoms with Gasteiger partial charge in [-0.2, -0.15) is 26.7 Å². The van der Waals surface area contributed by atoms with Crippen LogP contribution in [-0.2, 0) is 0 Å². The molecule has 0 aliphatic rings. The van der Waals surface area contributed by atoms with E-state index in [0.29, 0.717) is 17.8 Å². The predicted molar refractivity (Wildman–Crippen MR) is 75.0 cm³/mol. The van der Waals surface area contributed by atoms with Crippen molar-refractivity contribution in [3.8, 4) is 0 Å². The third-order valence-electron chi connectivity index (χ3n) is 2.00. The molecule has 1 unspecified atom stereocenters. The quantitative estimate of drug-likeness (QED) is 0.797. The van der Waals surface area contributed by atoms with Gasteiger partial charge in [0.05, 0.1) is 0 Å². The second kappa shape index (κ2) is 7.55. The standard InChI is InChI=1S/C10H18ClN5S/c1-4-12-9-14-8(11)15-10(16-9)13-5-7(2)6-17-3/h7H,4-6H2,1-3H3,(H2,12,13,14,15,16). The number of thioether (sulfide) groups is 1. The summed E-state index contributed by atoms with van der Waals surface area (Å²) in [5, 5.41) is 6.38. The van der Waals surface area contributed by atoms with Crippen molar-refractivity contribution in [1.29, 1.82) is 0 Å². The number of hydrogen-bond acceptors (Lipinski definition) is 6. The lowest BCUT2D eigenvalue weighted by molar-refractivity contribution is 0.696. The van der Waals surface area contributed by atoms with Crippen molar-refractivity contribution < 1.29 is 0 Å². The first-order chi connectivity index (χ1) is 8.15. The zero-order valence-corrected chi connectivity index (χ0v) is 11.9. The van der Waals surface area contributed by atoms with E-state index in [1.807, 2.05) is 18.7 Å². The van der Waals surface area contributed by atoms with E-state index in [-0.39, 0.29) is 5.28 Å². The van der Waals surface area contributed by atoms with E-state index in [1.165, 1.54) is 0 Å². The van der Waals surface area contributed by atoms with Crippen molar-refractivity contribution in [2.45, 2.75) is 13.8 Å². The van der Waals surface area contributed by atoms with Crippen molar-refractivity contribution in [2.24, 2.45) is 5.92 Å². The summed E-state index contributed by atoms with van der Waals surface area (Å²) >= 11 is 7.64. The van der Waals surface area contributed by atoms with Crippen LogP contribution in [0.2, 0.25) is 5.28 Å². The van der Waals surface area contributed by atoms with E-state index < -0.39 is 0 Å². The van der Waals surface area contributed by atoms with Crippen LogP contribution in [0.5, 0.6) is 0 Å². The molecule has 0 spiro atoms. The third kappa shape index (κ3) is 5.41. The Balaban J connectivity index is 2.57. The Morgan fingerprint density at radius 1 is 1.24 bits per heavy atom. The van der Waals surface area contributed by atoms with Gasteiger partial charge in [-0.1, -0.05) is 6.92 Å². The summed E-state index contributed by atoms with van der Waals surface area (Å²) in [5.41, 5.74) is 0. The smallest absolute Gasteiger partial charge is 0.228 e. The van der Waals surface area contributed by atoms with Gasteiger partial charge in [-0.3, -0.25) is 0 Å². The van der Waals surface area contributed by atoms with Crippen LogP contribution in [0.1, 0.15) is 13.8 Å². The SMILES string of the molecule is CCNc1nc(Cl)nc(NCC(C)CSC)n1. The Morgan fingerprint density at radius 3 is 2.47 bits per heavy atom. The van der Waals surface area contributed by atoms with Crippen LogP contribution < -0.4 is 10.6 Å². The van der Waals surface area contributed by atoms with E-state index in [4.69, 9.17) is 11.6 Å². The summed E-state index contributed by atoms with van der Waals surface area (Å²) in [7, 11) is 0. The molecule has 7 heteroatoms. The van der Waals surface area contributed by atoms with Gasteiger partial charge in [0.15, 0.2) is 0 Å². The van der Waals surface area contributed by atoms with Crippen LogP contribution in [0.15, 0.2) is 0 Å². The Kier molecular flexibility index (Phi) is 6.36. The molecular weight excluding hydrogens is 258 g/mol. The molecule has 17 heavy (non-hydrogen) atoms. The van der Waals surface area contributed by atoms with Gasteiger partial charge in [0, 0.05) is 13.1 Å². The lowest BCUT2D eigenvalue weighted by Crippen LogP contribution is -2.16. The van der Waals surface area contributed by atoms with Crippen molar-refractivity contribution >= 4 is 35.3 Å². The van der Waals surface area contributed by atoms with Gasteiger partial charge in [-0.25, -0.2) is 0 Å². The number of halogens is 1. The normalized spacial score (nSPS) is 12.2. The molecular formula is C10H18ClN5S. The maximum atomic E-state index is 5.82. The third-order valence-corrected chi connectivity index (χ3v) is 3.07. The molecule has 0 radical (unpaired) electrons. The molecule has 0 amide bonds. The molecule has 96 valence electrons. The molecule has 0 bridgehead atoms. The van der Waals surface area contributed by atoms with Gasteiger partial charge in [-0.15, -0.1) is 0 Å². The molecule has 0 saturated heterocycles. The molecule has 1 heterocycles.